The zero-order valence-corrected chi connectivity index (χ0v) is 11.0. The summed E-state index contributed by atoms with van der Waals surface area (Å²) in [5.41, 5.74) is 6.70. The maximum atomic E-state index is 11.2. The minimum atomic E-state index is -0.0114. The highest BCUT2D eigenvalue weighted by Gasteiger charge is 2.07. The molecule has 0 unspecified atom stereocenters. The van der Waals surface area contributed by atoms with Crippen LogP contribution < -0.4 is 16.4 Å². The van der Waals surface area contributed by atoms with Crippen molar-refractivity contribution in [3.8, 4) is 0 Å². The van der Waals surface area contributed by atoms with Gasteiger partial charge in [-0.2, -0.15) is 0 Å². The molecule has 0 atom stereocenters. The molecule has 94 valence electrons. The summed E-state index contributed by atoms with van der Waals surface area (Å²) in [7, 11) is 0. The zero-order chi connectivity index (χ0) is 12.8. The number of benzene rings is 1. The fraction of sp³-hybridized carbons (Fsp3) is 0.364. The van der Waals surface area contributed by atoms with E-state index in [1.54, 1.807) is 12.1 Å². The first-order valence-electron chi connectivity index (χ1n) is 5.29. The first-order valence-corrected chi connectivity index (χ1v) is 6.05. The molecule has 0 aliphatic carbocycles. The van der Waals surface area contributed by atoms with Crippen LogP contribution in [0.4, 0.5) is 11.4 Å². The van der Waals surface area contributed by atoms with Crippen LogP contribution in [-0.4, -0.2) is 19.0 Å². The molecule has 1 rings (SSSR count). The standard InChI is InChI=1S/C11H15Cl2N3O/c1-2-15-10(17)3-4-16-11-8(12)5-7(14)6-9(11)13/h5-6,16H,2-4,14H2,1H3,(H,15,17). The lowest BCUT2D eigenvalue weighted by Gasteiger charge is -2.11. The van der Waals surface area contributed by atoms with Crippen LogP contribution in [0.1, 0.15) is 13.3 Å². The average Bonchev–Trinajstić information content (AvgIpc) is 2.22. The van der Waals surface area contributed by atoms with Crippen LogP contribution in [0.2, 0.25) is 10.0 Å². The summed E-state index contributed by atoms with van der Waals surface area (Å²) in [6, 6.07) is 3.23. The molecule has 0 bridgehead atoms. The lowest BCUT2D eigenvalue weighted by atomic mass is 10.2. The molecule has 0 aromatic heterocycles. The second-order valence-electron chi connectivity index (χ2n) is 3.49. The molecule has 0 heterocycles. The lowest BCUT2D eigenvalue weighted by molar-refractivity contribution is -0.120. The summed E-state index contributed by atoms with van der Waals surface area (Å²) in [5, 5.41) is 6.62. The van der Waals surface area contributed by atoms with Crippen molar-refractivity contribution in [2.24, 2.45) is 0 Å². The zero-order valence-electron chi connectivity index (χ0n) is 9.52. The highest BCUT2D eigenvalue weighted by Crippen LogP contribution is 2.32. The van der Waals surface area contributed by atoms with Crippen molar-refractivity contribution >= 4 is 40.5 Å². The molecule has 1 aromatic carbocycles. The van der Waals surface area contributed by atoms with E-state index in [1.165, 1.54) is 0 Å². The number of nitrogens with two attached hydrogens (primary N) is 1. The second-order valence-corrected chi connectivity index (χ2v) is 4.30. The SMILES string of the molecule is CCNC(=O)CCNc1c(Cl)cc(N)cc1Cl. The highest BCUT2D eigenvalue weighted by atomic mass is 35.5. The van der Waals surface area contributed by atoms with Gasteiger partial charge in [-0.15, -0.1) is 0 Å². The molecule has 0 fully saturated rings. The Morgan fingerprint density at radius 3 is 2.47 bits per heavy atom. The number of nitrogens with one attached hydrogen (secondary N) is 2. The molecule has 1 aromatic rings. The smallest absolute Gasteiger partial charge is 0.221 e. The van der Waals surface area contributed by atoms with Crippen LogP contribution in [0.3, 0.4) is 0 Å². The Hall–Kier alpha value is -1.13. The van der Waals surface area contributed by atoms with Gasteiger partial charge in [0.1, 0.15) is 0 Å². The van der Waals surface area contributed by atoms with Crippen LogP contribution in [0.15, 0.2) is 12.1 Å². The summed E-state index contributed by atoms with van der Waals surface area (Å²) >= 11 is 12.0. The quantitative estimate of drug-likeness (QED) is 0.724. The third-order valence-corrected chi connectivity index (χ3v) is 2.69. The first-order chi connectivity index (χ1) is 8.04. The normalized spacial score (nSPS) is 10.1. The molecule has 0 saturated heterocycles. The summed E-state index contributed by atoms with van der Waals surface area (Å²) in [6.45, 7) is 2.97. The Kier molecular flexibility index (Phi) is 5.38. The van der Waals surface area contributed by atoms with Gasteiger partial charge in [0.2, 0.25) is 5.91 Å². The molecule has 4 nitrogen and oxygen atoms in total. The van der Waals surface area contributed by atoms with Gasteiger partial charge in [-0.25, -0.2) is 0 Å². The summed E-state index contributed by atoms with van der Waals surface area (Å²) < 4.78 is 0. The number of amides is 1. The van der Waals surface area contributed by atoms with E-state index in [0.29, 0.717) is 40.9 Å². The fourth-order valence-corrected chi connectivity index (χ4v) is 1.99. The van der Waals surface area contributed by atoms with Crippen molar-refractivity contribution in [1.82, 2.24) is 5.32 Å². The van der Waals surface area contributed by atoms with Gasteiger partial charge >= 0.3 is 0 Å². The van der Waals surface area contributed by atoms with Crippen molar-refractivity contribution < 1.29 is 4.79 Å². The van der Waals surface area contributed by atoms with Gasteiger partial charge in [0.25, 0.3) is 0 Å². The molecule has 0 spiro atoms. The number of carbonyl (C=O) groups is 1. The third kappa shape index (κ3) is 4.32. The number of hydrogen-bond donors (Lipinski definition) is 3. The van der Waals surface area contributed by atoms with Gasteiger partial charge in [-0.3, -0.25) is 4.79 Å². The van der Waals surface area contributed by atoms with Crippen molar-refractivity contribution in [2.45, 2.75) is 13.3 Å². The molecule has 1 amide bonds. The van der Waals surface area contributed by atoms with E-state index in [4.69, 9.17) is 28.9 Å². The summed E-state index contributed by atoms with van der Waals surface area (Å²) in [5.74, 6) is -0.0114. The predicted molar refractivity (Wildman–Crippen MR) is 72.7 cm³/mol. The van der Waals surface area contributed by atoms with Crippen LogP contribution in [0.25, 0.3) is 0 Å². The predicted octanol–water partition coefficient (Wildman–Crippen LogP) is 2.51. The monoisotopic (exact) mass is 275 g/mol. The highest BCUT2D eigenvalue weighted by molar-refractivity contribution is 6.39. The number of anilines is 2. The van der Waals surface area contributed by atoms with E-state index < -0.39 is 0 Å². The van der Waals surface area contributed by atoms with Gasteiger partial charge < -0.3 is 16.4 Å². The Balaban J connectivity index is 2.55. The molecular formula is C11H15Cl2N3O. The van der Waals surface area contributed by atoms with Crippen LogP contribution in [0.5, 0.6) is 0 Å². The molecular weight excluding hydrogens is 261 g/mol. The Morgan fingerprint density at radius 1 is 1.35 bits per heavy atom. The van der Waals surface area contributed by atoms with E-state index in [9.17, 15) is 4.79 Å². The number of halogens is 2. The Morgan fingerprint density at radius 2 is 1.94 bits per heavy atom. The molecule has 6 heteroatoms. The molecule has 17 heavy (non-hydrogen) atoms. The minimum Gasteiger partial charge on any atom is -0.399 e. The maximum absolute atomic E-state index is 11.2. The van der Waals surface area contributed by atoms with Crippen LogP contribution in [0, 0.1) is 0 Å². The third-order valence-electron chi connectivity index (χ3n) is 2.09. The number of nitrogen functional groups attached to an aromatic ring is 1. The van der Waals surface area contributed by atoms with Crippen LogP contribution in [-0.2, 0) is 4.79 Å². The van der Waals surface area contributed by atoms with Gasteiger partial charge in [0, 0.05) is 25.2 Å². The van der Waals surface area contributed by atoms with E-state index in [-0.39, 0.29) is 5.91 Å². The summed E-state index contributed by atoms with van der Waals surface area (Å²) in [4.78, 5) is 11.2. The molecule has 4 N–H and O–H groups in total. The Labute approximate surface area is 110 Å². The van der Waals surface area contributed by atoms with E-state index in [1.807, 2.05) is 6.92 Å². The molecule has 0 aliphatic rings. The van der Waals surface area contributed by atoms with Crippen molar-refractivity contribution in [1.29, 1.82) is 0 Å². The molecule has 0 saturated carbocycles. The second kappa shape index (κ2) is 6.57. The number of carbonyl (C=O) groups excluding carboxylic acids is 1. The number of rotatable bonds is 5. The van der Waals surface area contributed by atoms with E-state index >= 15 is 0 Å². The van der Waals surface area contributed by atoms with Crippen molar-refractivity contribution in [3.63, 3.8) is 0 Å². The molecule has 0 aliphatic heterocycles. The summed E-state index contributed by atoms with van der Waals surface area (Å²) in [6.07, 6.45) is 0.366. The van der Waals surface area contributed by atoms with Gasteiger partial charge in [-0.1, -0.05) is 23.2 Å². The average molecular weight is 276 g/mol. The van der Waals surface area contributed by atoms with Gasteiger partial charge in [0.15, 0.2) is 0 Å². The van der Waals surface area contributed by atoms with Crippen LogP contribution >= 0.6 is 23.2 Å². The van der Waals surface area contributed by atoms with Gasteiger partial charge in [-0.05, 0) is 19.1 Å². The van der Waals surface area contributed by atoms with Crippen molar-refractivity contribution in [2.75, 3.05) is 24.1 Å². The topological polar surface area (TPSA) is 67.2 Å². The molecule has 0 radical (unpaired) electrons. The lowest BCUT2D eigenvalue weighted by Crippen LogP contribution is -2.24. The minimum absolute atomic E-state index is 0.0114. The fourth-order valence-electron chi connectivity index (χ4n) is 1.35. The van der Waals surface area contributed by atoms with E-state index in [2.05, 4.69) is 10.6 Å². The van der Waals surface area contributed by atoms with E-state index in [0.717, 1.165) is 0 Å². The van der Waals surface area contributed by atoms with Crippen molar-refractivity contribution in [3.05, 3.63) is 22.2 Å². The van der Waals surface area contributed by atoms with Gasteiger partial charge in [0.05, 0.1) is 15.7 Å². The first kappa shape index (κ1) is 13.9. The number of hydrogen-bond acceptors (Lipinski definition) is 3. The Bertz CT molecular complexity index is 387. The maximum Gasteiger partial charge on any atom is 0.221 e. The largest absolute Gasteiger partial charge is 0.399 e.